The van der Waals surface area contributed by atoms with Gasteiger partial charge in [-0.05, 0) is 13.8 Å². The number of nitrogens with one attached hydrogen (secondary N) is 1. The Kier molecular flexibility index (Phi) is 6.54. The van der Waals surface area contributed by atoms with Gasteiger partial charge in [-0.3, -0.25) is 4.68 Å². The smallest absolute Gasteiger partial charge is 0.244 e. The lowest BCUT2D eigenvalue weighted by Crippen LogP contribution is -2.36. The largest absolute Gasteiger partial charge is 0.352 e. The molecule has 8 heteroatoms. The SMILES string of the molecule is CCOC(CNS(=O)(=O)c1cn(C)nc1C(C)(C)C)OCC. The van der Waals surface area contributed by atoms with Gasteiger partial charge >= 0.3 is 0 Å². The molecular weight excluding hydrogens is 306 g/mol. The Morgan fingerprint density at radius 3 is 2.27 bits per heavy atom. The summed E-state index contributed by atoms with van der Waals surface area (Å²) >= 11 is 0. The van der Waals surface area contributed by atoms with Crippen molar-refractivity contribution in [3.05, 3.63) is 11.9 Å². The predicted molar refractivity (Wildman–Crippen MR) is 84.1 cm³/mol. The van der Waals surface area contributed by atoms with E-state index >= 15 is 0 Å². The molecular formula is C14H27N3O4S. The van der Waals surface area contributed by atoms with Gasteiger partial charge in [-0.25, -0.2) is 13.1 Å². The lowest BCUT2D eigenvalue weighted by Gasteiger charge is -2.19. The quantitative estimate of drug-likeness (QED) is 0.727. The van der Waals surface area contributed by atoms with Crippen molar-refractivity contribution >= 4 is 10.0 Å². The van der Waals surface area contributed by atoms with E-state index in [4.69, 9.17) is 9.47 Å². The molecule has 7 nitrogen and oxygen atoms in total. The topological polar surface area (TPSA) is 82.5 Å². The number of aryl methyl sites for hydroxylation is 1. The van der Waals surface area contributed by atoms with Gasteiger partial charge in [-0.2, -0.15) is 5.10 Å². The summed E-state index contributed by atoms with van der Waals surface area (Å²) in [5.41, 5.74) is 0.164. The van der Waals surface area contributed by atoms with Crippen LogP contribution in [0.3, 0.4) is 0 Å². The van der Waals surface area contributed by atoms with Gasteiger partial charge < -0.3 is 9.47 Å². The van der Waals surface area contributed by atoms with E-state index in [-0.39, 0.29) is 16.9 Å². The van der Waals surface area contributed by atoms with Crippen LogP contribution in [0.15, 0.2) is 11.1 Å². The first-order valence-electron chi connectivity index (χ1n) is 7.38. The minimum absolute atomic E-state index is 0.0580. The van der Waals surface area contributed by atoms with Crippen LogP contribution in [-0.4, -0.2) is 44.2 Å². The molecule has 0 spiro atoms. The summed E-state index contributed by atoms with van der Waals surface area (Å²) in [6.07, 6.45) is 0.916. The summed E-state index contributed by atoms with van der Waals surface area (Å²) in [7, 11) is -1.97. The van der Waals surface area contributed by atoms with Crippen LogP contribution in [0.5, 0.6) is 0 Å². The molecule has 0 unspecified atom stereocenters. The molecule has 0 bridgehead atoms. The molecule has 0 saturated carbocycles. The zero-order chi connectivity index (χ0) is 17.0. The average molecular weight is 333 g/mol. The molecule has 0 aliphatic heterocycles. The molecule has 0 aliphatic rings. The van der Waals surface area contributed by atoms with Crippen LogP contribution in [0.2, 0.25) is 0 Å². The third-order valence-electron chi connectivity index (χ3n) is 2.94. The third-order valence-corrected chi connectivity index (χ3v) is 4.36. The molecule has 0 amide bonds. The van der Waals surface area contributed by atoms with E-state index in [0.717, 1.165) is 0 Å². The highest BCUT2D eigenvalue weighted by molar-refractivity contribution is 7.89. The Hall–Kier alpha value is -0.960. The van der Waals surface area contributed by atoms with Crippen molar-refractivity contribution in [1.29, 1.82) is 0 Å². The van der Waals surface area contributed by atoms with Gasteiger partial charge in [-0.15, -0.1) is 0 Å². The number of rotatable bonds is 8. The first kappa shape index (κ1) is 19.1. The van der Waals surface area contributed by atoms with E-state index in [1.165, 1.54) is 10.9 Å². The molecule has 0 aliphatic carbocycles. The monoisotopic (exact) mass is 333 g/mol. The van der Waals surface area contributed by atoms with E-state index in [1.807, 2.05) is 34.6 Å². The number of nitrogens with zero attached hydrogens (tertiary/aromatic N) is 2. The number of aromatic nitrogens is 2. The van der Waals surface area contributed by atoms with Crippen LogP contribution >= 0.6 is 0 Å². The second-order valence-electron chi connectivity index (χ2n) is 5.96. The van der Waals surface area contributed by atoms with Crippen LogP contribution in [-0.2, 0) is 32.0 Å². The molecule has 1 heterocycles. The second-order valence-corrected chi connectivity index (χ2v) is 7.69. The van der Waals surface area contributed by atoms with Crippen molar-refractivity contribution in [2.75, 3.05) is 19.8 Å². The van der Waals surface area contributed by atoms with Crippen molar-refractivity contribution < 1.29 is 17.9 Å². The first-order valence-corrected chi connectivity index (χ1v) is 8.87. The van der Waals surface area contributed by atoms with Gasteiger partial charge in [-0.1, -0.05) is 20.8 Å². The van der Waals surface area contributed by atoms with Crippen LogP contribution in [0.4, 0.5) is 0 Å². The van der Waals surface area contributed by atoms with E-state index < -0.39 is 16.3 Å². The van der Waals surface area contributed by atoms with Gasteiger partial charge in [0.15, 0.2) is 6.29 Å². The third kappa shape index (κ3) is 5.05. The van der Waals surface area contributed by atoms with Crippen LogP contribution < -0.4 is 4.72 Å². The van der Waals surface area contributed by atoms with Crippen molar-refractivity contribution in [1.82, 2.24) is 14.5 Å². The zero-order valence-electron chi connectivity index (χ0n) is 14.2. The predicted octanol–water partition coefficient (Wildman–Crippen LogP) is 1.39. The average Bonchev–Trinajstić information content (AvgIpc) is 2.80. The molecule has 22 heavy (non-hydrogen) atoms. The molecule has 0 aromatic carbocycles. The van der Waals surface area contributed by atoms with Crippen molar-refractivity contribution in [2.24, 2.45) is 7.05 Å². The molecule has 1 aromatic rings. The number of sulfonamides is 1. The maximum Gasteiger partial charge on any atom is 0.244 e. The summed E-state index contributed by atoms with van der Waals surface area (Å²) in [4.78, 5) is 0.189. The van der Waals surface area contributed by atoms with Crippen LogP contribution in [0, 0.1) is 0 Å². The standard InChI is InChI=1S/C14H27N3O4S/c1-7-20-12(21-8-2)9-15-22(18,19)11-10-17(6)16-13(11)14(3,4)5/h10,12,15H,7-9H2,1-6H3. The van der Waals surface area contributed by atoms with Crippen molar-refractivity contribution in [3.8, 4) is 0 Å². The second kappa shape index (κ2) is 7.54. The summed E-state index contributed by atoms with van der Waals surface area (Å²) in [6.45, 7) is 10.4. The molecule has 0 atom stereocenters. The number of hydrogen-bond donors (Lipinski definition) is 1. The van der Waals surface area contributed by atoms with E-state index in [9.17, 15) is 8.42 Å². The molecule has 1 aromatic heterocycles. The van der Waals surface area contributed by atoms with Gasteiger partial charge in [0.1, 0.15) is 4.90 Å². The Balaban J connectivity index is 2.96. The highest BCUT2D eigenvalue weighted by Crippen LogP contribution is 2.27. The fourth-order valence-electron chi connectivity index (χ4n) is 1.98. The Bertz CT molecular complexity index is 569. The highest BCUT2D eigenvalue weighted by Gasteiger charge is 2.29. The van der Waals surface area contributed by atoms with Gasteiger partial charge in [0.25, 0.3) is 0 Å². The van der Waals surface area contributed by atoms with E-state index in [1.54, 1.807) is 7.05 Å². The number of hydrogen-bond acceptors (Lipinski definition) is 5. The van der Waals surface area contributed by atoms with Crippen LogP contribution in [0.1, 0.15) is 40.3 Å². The lowest BCUT2D eigenvalue weighted by atomic mass is 9.92. The van der Waals surface area contributed by atoms with Crippen LogP contribution in [0.25, 0.3) is 0 Å². The normalized spacial score (nSPS) is 13.0. The fourth-order valence-corrected chi connectivity index (χ4v) is 3.38. The molecule has 1 N–H and O–H groups in total. The minimum atomic E-state index is -3.68. The van der Waals surface area contributed by atoms with Crippen molar-refractivity contribution in [3.63, 3.8) is 0 Å². The minimum Gasteiger partial charge on any atom is -0.352 e. The summed E-state index contributed by atoms with van der Waals surface area (Å²) in [5.74, 6) is 0. The van der Waals surface area contributed by atoms with E-state index in [0.29, 0.717) is 18.9 Å². The summed E-state index contributed by atoms with van der Waals surface area (Å²) in [6, 6.07) is 0. The molecule has 0 saturated heterocycles. The Labute approximate surface area is 133 Å². The maximum atomic E-state index is 12.6. The first-order chi connectivity index (χ1) is 10.1. The van der Waals surface area contributed by atoms with Gasteiger partial charge in [0.2, 0.25) is 10.0 Å². The number of ether oxygens (including phenoxy) is 2. The van der Waals surface area contributed by atoms with E-state index in [2.05, 4.69) is 9.82 Å². The molecule has 1 rings (SSSR count). The van der Waals surface area contributed by atoms with Crippen molar-refractivity contribution in [2.45, 2.75) is 51.2 Å². The van der Waals surface area contributed by atoms with Gasteiger partial charge in [0, 0.05) is 31.9 Å². The summed E-state index contributed by atoms with van der Waals surface area (Å²) in [5, 5.41) is 4.28. The maximum absolute atomic E-state index is 12.6. The lowest BCUT2D eigenvalue weighted by molar-refractivity contribution is -0.130. The Morgan fingerprint density at radius 2 is 1.82 bits per heavy atom. The summed E-state index contributed by atoms with van der Waals surface area (Å²) < 4.78 is 39.8. The highest BCUT2D eigenvalue weighted by atomic mass is 32.2. The zero-order valence-corrected chi connectivity index (χ0v) is 15.0. The molecule has 128 valence electrons. The fraction of sp³-hybridized carbons (Fsp3) is 0.786. The Morgan fingerprint density at radius 1 is 1.27 bits per heavy atom. The van der Waals surface area contributed by atoms with Gasteiger partial charge in [0.05, 0.1) is 12.2 Å². The molecule has 0 radical (unpaired) electrons. The molecule has 0 fully saturated rings.